The lowest BCUT2D eigenvalue weighted by atomic mass is 9.90. The lowest BCUT2D eigenvalue weighted by molar-refractivity contribution is 0.181. The number of nitrogens with zero attached hydrogens (tertiary/aromatic N) is 2. The first kappa shape index (κ1) is 14.1. The molecule has 21 heavy (non-hydrogen) atoms. The quantitative estimate of drug-likeness (QED) is 0.866. The van der Waals surface area contributed by atoms with Gasteiger partial charge in [0.1, 0.15) is 5.84 Å². The van der Waals surface area contributed by atoms with Crippen molar-refractivity contribution in [3.8, 4) is 0 Å². The highest BCUT2D eigenvalue weighted by molar-refractivity contribution is 6.02. The van der Waals surface area contributed by atoms with E-state index >= 15 is 0 Å². The first-order chi connectivity index (χ1) is 10.3. The van der Waals surface area contributed by atoms with E-state index in [0.29, 0.717) is 18.3 Å². The van der Waals surface area contributed by atoms with Gasteiger partial charge in [0.15, 0.2) is 0 Å². The molecule has 1 aliphatic carbocycles. The summed E-state index contributed by atoms with van der Waals surface area (Å²) in [6.07, 6.45) is 7.38. The Morgan fingerprint density at radius 2 is 1.76 bits per heavy atom. The van der Waals surface area contributed by atoms with Gasteiger partial charge in [-0.15, -0.1) is 0 Å². The second kappa shape index (κ2) is 6.29. The van der Waals surface area contributed by atoms with Gasteiger partial charge in [-0.2, -0.15) is 4.99 Å². The smallest absolute Gasteiger partial charge is 0.346 e. The third-order valence-corrected chi connectivity index (χ3v) is 4.65. The summed E-state index contributed by atoms with van der Waals surface area (Å²) in [5.74, 6) is 0.981. The zero-order chi connectivity index (χ0) is 14.7. The second-order valence-corrected chi connectivity index (χ2v) is 6.13. The molecule has 4 nitrogen and oxygen atoms in total. The Bertz CT molecular complexity index is 518. The molecular formula is C17H23N3O. The molecule has 1 heterocycles. The maximum atomic E-state index is 12.2. The van der Waals surface area contributed by atoms with Gasteiger partial charge in [-0.3, -0.25) is 0 Å². The number of carbonyl (C=O) groups is 1. The van der Waals surface area contributed by atoms with Gasteiger partial charge < -0.3 is 10.6 Å². The van der Waals surface area contributed by atoms with Crippen LogP contribution in [-0.4, -0.2) is 22.8 Å². The van der Waals surface area contributed by atoms with Gasteiger partial charge in [0.05, 0.1) is 6.04 Å². The van der Waals surface area contributed by atoms with Crippen LogP contribution >= 0.6 is 0 Å². The highest BCUT2D eigenvalue weighted by Gasteiger charge is 2.38. The van der Waals surface area contributed by atoms with Crippen molar-refractivity contribution in [1.29, 1.82) is 0 Å². The minimum Gasteiger partial charge on any atom is -0.385 e. The van der Waals surface area contributed by atoms with Crippen molar-refractivity contribution in [1.82, 2.24) is 4.90 Å². The predicted octanol–water partition coefficient (Wildman–Crippen LogP) is 3.32. The van der Waals surface area contributed by atoms with E-state index in [1.165, 1.54) is 25.7 Å². The van der Waals surface area contributed by atoms with Gasteiger partial charge in [-0.1, -0.05) is 56.0 Å². The normalized spacial score (nSPS) is 24.0. The fraction of sp³-hybridized carbons (Fsp3) is 0.529. The summed E-state index contributed by atoms with van der Waals surface area (Å²) >= 11 is 0. The molecular weight excluding hydrogens is 262 g/mol. The molecule has 1 aromatic carbocycles. The molecule has 0 saturated heterocycles. The van der Waals surface area contributed by atoms with Crippen LogP contribution in [0.4, 0.5) is 4.79 Å². The van der Waals surface area contributed by atoms with E-state index in [-0.39, 0.29) is 12.1 Å². The number of urea groups is 1. The molecule has 2 aliphatic rings. The van der Waals surface area contributed by atoms with Crippen LogP contribution < -0.4 is 5.73 Å². The van der Waals surface area contributed by atoms with E-state index < -0.39 is 0 Å². The fourth-order valence-corrected chi connectivity index (χ4v) is 3.59. The average Bonchev–Trinajstić information content (AvgIpc) is 2.69. The summed E-state index contributed by atoms with van der Waals surface area (Å²) in [5.41, 5.74) is 7.22. The van der Waals surface area contributed by atoms with Crippen molar-refractivity contribution < 1.29 is 4.79 Å². The fourth-order valence-electron chi connectivity index (χ4n) is 3.59. The molecule has 2 N–H and O–H groups in total. The largest absolute Gasteiger partial charge is 0.385 e. The highest BCUT2D eigenvalue weighted by atomic mass is 16.2. The lowest BCUT2D eigenvalue weighted by Gasteiger charge is -2.30. The minimum absolute atomic E-state index is 0.00388. The van der Waals surface area contributed by atoms with Crippen molar-refractivity contribution in [3.05, 3.63) is 35.9 Å². The van der Waals surface area contributed by atoms with Gasteiger partial charge in [0.2, 0.25) is 0 Å². The summed E-state index contributed by atoms with van der Waals surface area (Å²) < 4.78 is 0. The van der Waals surface area contributed by atoms with Gasteiger partial charge >= 0.3 is 6.03 Å². The molecule has 1 aliphatic heterocycles. The van der Waals surface area contributed by atoms with E-state index in [4.69, 9.17) is 5.73 Å². The number of benzene rings is 1. The van der Waals surface area contributed by atoms with E-state index in [2.05, 4.69) is 4.99 Å². The van der Waals surface area contributed by atoms with Crippen LogP contribution in [0.1, 0.15) is 44.1 Å². The van der Waals surface area contributed by atoms with E-state index in [1.807, 2.05) is 35.2 Å². The standard InChI is InChI=1S/C17H23N3O/c18-16-15(14-10-6-1-2-7-11-14)20(17(21)19-16)12-13-8-4-3-5-9-13/h3-5,8-9,14-15H,1-2,6-7,10-12H2,(H2,18,19,21). The first-order valence-electron chi connectivity index (χ1n) is 7.94. The number of amides is 2. The maximum absolute atomic E-state index is 12.2. The van der Waals surface area contributed by atoms with Crippen molar-refractivity contribution >= 4 is 11.9 Å². The van der Waals surface area contributed by atoms with Gasteiger partial charge in [-0.25, -0.2) is 4.79 Å². The van der Waals surface area contributed by atoms with Crippen molar-refractivity contribution in [2.75, 3.05) is 0 Å². The lowest BCUT2D eigenvalue weighted by Crippen LogP contribution is -2.45. The maximum Gasteiger partial charge on any atom is 0.346 e. The number of aliphatic imine (C=N–C) groups is 1. The number of hydrogen-bond donors (Lipinski definition) is 1. The number of nitrogens with two attached hydrogens (primary N) is 1. The molecule has 1 aromatic rings. The van der Waals surface area contributed by atoms with Crippen molar-refractivity contribution in [2.24, 2.45) is 16.6 Å². The summed E-state index contributed by atoms with van der Waals surface area (Å²) in [7, 11) is 0. The molecule has 0 radical (unpaired) electrons. The molecule has 1 atom stereocenters. The zero-order valence-corrected chi connectivity index (χ0v) is 12.4. The van der Waals surface area contributed by atoms with Gasteiger partial charge in [0, 0.05) is 6.54 Å². The van der Waals surface area contributed by atoms with Crippen LogP contribution in [0.15, 0.2) is 35.3 Å². The van der Waals surface area contributed by atoms with E-state index in [1.54, 1.807) is 0 Å². The van der Waals surface area contributed by atoms with Crippen LogP contribution in [-0.2, 0) is 6.54 Å². The minimum atomic E-state index is -0.175. The Balaban J connectivity index is 1.78. The third-order valence-electron chi connectivity index (χ3n) is 4.65. The molecule has 0 bridgehead atoms. The third kappa shape index (κ3) is 3.09. The number of rotatable bonds is 3. The summed E-state index contributed by atoms with van der Waals surface area (Å²) in [6, 6.07) is 9.91. The summed E-state index contributed by atoms with van der Waals surface area (Å²) in [5, 5.41) is 0. The molecule has 112 valence electrons. The van der Waals surface area contributed by atoms with Crippen molar-refractivity contribution in [2.45, 2.75) is 51.1 Å². The second-order valence-electron chi connectivity index (χ2n) is 6.13. The van der Waals surface area contributed by atoms with E-state index in [9.17, 15) is 4.79 Å². The number of amidine groups is 1. The predicted molar refractivity (Wildman–Crippen MR) is 84.0 cm³/mol. The Labute approximate surface area is 126 Å². The topological polar surface area (TPSA) is 58.7 Å². The van der Waals surface area contributed by atoms with Crippen LogP contribution in [0.3, 0.4) is 0 Å². The van der Waals surface area contributed by atoms with Gasteiger partial charge in [0.25, 0.3) is 0 Å². The Kier molecular flexibility index (Phi) is 4.23. The number of carbonyl (C=O) groups excluding carboxylic acids is 1. The van der Waals surface area contributed by atoms with Crippen molar-refractivity contribution in [3.63, 3.8) is 0 Å². The number of hydrogen-bond acceptors (Lipinski definition) is 2. The molecule has 1 unspecified atom stereocenters. The molecule has 2 amide bonds. The Hall–Kier alpha value is -1.84. The van der Waals surface area contributed by atoms with Gasteiger partial charge in [-0.05, 0) is 24.3 Å². The van der Waals surface area contributed by atoms with Crippen LogP contribution in [0.5, 0.6) is 0 Å². The average molecular weight is 285 g/mol. The Morgan fingerprint density at radius 1 is 1.10 bits per heavy atom. The highest BCUT2D eigenvalue weighted by Crippen LogP contribution is 2.31. The molecule has 4 heteroatoms. The summed E-state index contributed by atoms with van der Waals surface area (Å²) in [6.45, 7) is 0.602. The molecule has 0 aromatic heterocycles. The van der Waals surface area contributed by atoms with Crippen LogP contribution in [0, 0.1) is 5.92 Å². The molecule has 3 rings (SSSR count). The SMILES string of the molecule is NC1=NC(=O)N(Cc2ccccc2)C1C1CCCCCC1. The van der Waals surface area contributed by atoms with Crippen LogP contribution in [0.2, 0.25) is 0 Å². The first-order valence-corrected chi connectivity index (χ1v) is 7.94. The van der Waals surface area contributed by atoms with E-state index in [0.717, 1.165) is 18.4 Å². The zero-order valence-electron chi connectivity index (χ0n) is 12.4. The monoisotopic (exact) mass is 285 g/mol. The Morgan fingerprint density at radius 3 is 2.43 bits per heavy atom. The summed E-state index contributed by atoms with van der Waals surface area (Å²) in [4.78, 5) is 18.1. The van der Waals surface area contributed by atoms with Crippen LogP contribution in [0.25, 0.3) is 0 Å². The molecule has 1 saturated carbocycles. The molecule has 0 spiro atoms. The molecule has 1 fully saturated rings.